The van der Waals surface area contributed by atoms with E-state index >= 15 is 0 Å². The fourth-order valence-corrected chi connectivity index (χ4v) is 3.58. The largest absolute Gasteiger partial charge is 0.309 e. The van der Waals surface area contributed by atoms with Crippen molar-refractivity contribution in [2.45, 2.75) is 71.4 Å². The maximum absolute atomic E-state index is 3.76. The van der Waals surface area contributed by atoms with Gasteiger partial charge in [-0.15, -0.1) is 0 Å². The van der Waals surface area contributed by atoms with Gasteiger partial charge in [0.1, 0.15) is 0 Å². The number of hydrogen-bond acceptors (Lipinski definition) is 2. The molecule has 2 aliphatic rings. The Morgan fingerprint density at radius 3 is 2.50 bits per heavy atom. The van der Waals surface area contributed by atoms with Gasteiger partial charge in [0.05, 0.1) is 0 Å². The predicted molar refractivity (Wildman–Crippen MR) is 78.9 cm³/mol. The Bertz CT molecular complexity index is 283. The molecule has 1 aliphatic heterocycles. The van der Waals surface area contributed by atoms with Gasteiger partial charge >= 0.3 is 0 Å². The third-order valence-corrected chi connectivity index (χ3v) is 5.00. The van der Waals surface area contributed by atoms with Crippen molar-refractivity contribution in [3.63, 3.8) is 0 Å². The van der Waals surface area contributed by atoms with Crippen molar-refractivity contribution in [1.82, 2.24) is 10.2 Å². The lowest BCUT2D eigenvalue weighted by Gasteiger charge is -2.52. The van der Waals surface area contributed by atoms with E-state index in [-0.39, 0.29) is 5.54 Å². The number of piperazine rings is 1. The third kappa shape index (κ3) is 3.08. The fraction of sp³-hybridized carbons (Fsp3) is 1.00. The first-order chi connectivity index (χ1) is 8.37. The van der Waals surface area contributed by atoms with Gasteiger partial charge in [-0.2, -0.15) is 0 Å². The summed E-state index contributed by atoms with van der Waals surface area (Å²) in [6, 6.07) is 0. The SMILES string of the molecule is CCCC(C)CN1CC(C)(C)NCC1(C)C1CC1. The highest BCUT2D eigenvalue weighted by molar-refractivity contribution is 5.07. The Kier molecular flexibility index (Phi) is 4.08. The van der Waals surface area contributed by atoms with Crippen LogP contribution in [0, 0.1) is 11.8 Å². The molecule has 1 N–H and O–H groups in total. The van der Waals surface area contributed by atoms with Crippen molar-refractivity contribution in [2.24, 2.45) is 11.8 Å². The van der Waals surface area contributed by atoms with E-state index in [4.69, 9.17) is 0 Å². The van der Waals surface area contributed by atoms with Gasteiger partial charge in [0, 0.05) is 30.7 Å². The molecule has 1 aliphatic carbocycles. The van der Waals surface area contributed by atoms with Crippen molar-refractivity contribution >= 4 is 0 Å². The van der Waals surface area contributed by atoms with Crippen LogP contribution in [0.4, 0.5) is 0 Å². The third-order valence-electron chi connectivity index (χ3n) is 5.00. The minimum absolute atomic E-state index is 0.278. The minimum Gasteiger partial charge on any atom is -0.309 e. The van der Waals surface area contributed by atoms with E-state index in [0.717, 1.165) is 11.8 Å². The summed E-state index contributed by atoms with van der Waals surface area (Å²) in [5.41, 5.74) is 0.692. The average molecular weight is 252 g/mol. The predicted octanol–water partition coefficient (Wildman–Crippen LogP) is 3.28. The highest BCUT2D eigenvalue weighted by Crippen LogP contribution is 2.45. The van der Waals surface area contributed by atoms with Crippen LogP contribution in [0.1, 0.15) is 60.3 Å². The molecule has 0 bridgehead atoms. The smallest absolute Gasteiger partial charge is 0.0334 e. The summed E-state index contributed by atoms with van der Waals surface area (Å²) >= 11 is 0. The molecule has 0 spiro atoms. The second-order valence-electron chi connectivity index (χ2n) is 7.64. The topological polar surface area (TPSA) is 15.3 Å². The van der Waals surface area contributed by atoms with E-state index in [1.54, 1.807) is 0 Å². The first-order valence-electron chi connectivity index (χ1n) is 7.87. The monoisotopic (exact) mass is 252 g/mol. The van der Waals surface area contributed by atoms with Gasteiger partial charge < -0.3 is 5.32 Å². The van der Waals surface area contributed by atoms with Crippen molar-refractivity contribution in [3.8, 4) is 0 Å². The van der Waals surface area contributed by atoms with Crippen molar-refractivity contribution in [1.29, 1.82) is 0 Å². The van der Waals surface area contributed by atoms with Crippen LogP contribution in [0.25, 0.3) is 0 Å². The van der Waals surface area contributed by atoms with E-state index in [1.807, 2.05) is 0 Å². The molecule has 2 atom stereocenters. The van der Waals surface area contributed by atoms with Crippen LogP contribution in [0.3, 0.4) is 0 Å². The van der Waals surface area contributed by atoms with Crippen LogP contribution in [-0.2, 0) is 0 Å². The molecule has 2 fully saturated rings. The quantitative estimate of drug-likeness (QED) is 0.808. The van der Waals surface area contributed by atoms with Gasteiger partial charge in [-0.25, -0.2) is 0 Å². The Morgan fingerprint density at radius 1 is 1.28 bits per heavy atom. The molecule has 2 nitrogen and oxygen atoms in total. The van der Waals surface area contributed by atoms with Gasteiger partial charge in [-0.05, 0) is 51.9 Å². The van der Waals surface area contributed by atoms with Crippen LogP contribution in [0.2, 0.25) is 0 Å². The Morgan fingerprint density at radius 2 is 1.94 bits per heavy atom. The molecule has 106 valence electrons. The standard InChI is InChI=1S/C16H32N2/c1-6-7-13(2)10-18-12-15(3,4)17-11-16(18,5)14-8-9-14/h13-14,17H,6-12H2,1-5H3. The molecule has 0 aromatic rings. The lowest BCUT2D eigenvalue weighted by Crippen LogP contribution is -2.68. The zero-order valence-corrected chi connectivity index (χ0v) is 13.1. The zero-order chi connectivity index (χ0) is 13.4. The molecule has 0 aromatic carbocycles. The molecule has 0 amide bonds. The summed E-state index contributed by atoms with van der Waals surface area (Å²) in [4.78, 5) is 2.81. The maximum Gasteiger partial charge on any atom is 0.0334 e. The Labute approximate surface area is 114 Å². The van der Waals surface area contributed by atoms with Crippen LogP contribution < -0.4 is 5.32 Å². The van der Waals surface area contributed by atoms with Gasteiger partial charge in [0.15, 0.2) is 0 Å². The average Bonchev–Trinajstić information content (AvgIpc) is 3.07. The molecule has 2 heteroatoms. The number of nitrogens with one attached hydrogen (secondary N) is 1. The lowest BCUT2D eigenvalue weighted by molar-refractivity contribution is 0.00126. The molecular formula is C16H32N2. The summed E-state index contributed by atoms with van der Waals surface area (Å²) in [6.45, 7) is 15.6. The lowest BCUT2D eigenvalue weighted by atomic mass is 9.85. The molecule has 18 heavy (non-hydrogen) atoms. The molecule has 2 rings (SSSR count). The highest BCUT2D eigenvalue weighted by atomic mass is 15.3. The van der Waals surface area contributed by atoms with Crippen molar-refractivity contribution in [2.75, 3.05) is 19.6 Å². The zero-order valence-electron chi connectivity index (χ0n) is 13.1. The van der Waals surface area contributed by atoms with E-state index in [9.17, 15) is 0 Å². The summed E-state index contributed by atoms with van der Waals surface area (Å²) in [6.07, 6.45) is 5.57. The molecule has 0 aromatic heterocycles. The van der Waals surface area contributed by atoms with Crippen LogP contribution >= 0.6 is 0 Å². The van der Waals surface area contributed by atoms with Crippen LogP contribution in [-0.4, -0.2) is 35.6 Å². The molecule has 1 saturated heterocycles. The number of nitrogens with zero attached hydrogens (tertiary/aromatic N) is 1. The Balaban J connectivity index is 2.04. The normalized spacial score (nSPS) is 34.5. The van der Waals surface area contributed by atoms with Gasteiger partial charge in [-0.1, -0.05) is 20.3 Å². The number of rotatable bonds is 5. The van der Waals surface area contributed by atoms with Crippen LogP contribution in [0.15, 0.2) is 0 Å². The second kappa shape index (κ2) is 5.13. The maximum atomic E-state index is 3.76. The molecule has 0 radical (unpaired) electrons. The van der Waals surface area contributed by atoms with Crippen molar-refractivity contribution < 1.29 is 0 Å². The summed E-state index contributed by atoms with van der Waals surface area (Å²) < 4.78 is 0. The first-order valence-corrected chi connectivity index (χ1v) is 7.87. The Hall–Kier alpha value is -0.0800. The first kappa shape index (κ1) is 14.3. The molecule has 1 heterocycles. The summed E-state index contributed by atoms with van der Waals surface area (Å²) in [5.74, 6) is 1.77. The summed E-state index contributed by atoms with van der Waals surface area (Å²) in [5, 5.41) is 3.76. The second-order valence-corrected chi connectivity index (χ2v) is 7.64. The van der Waals surface area contributed by atoms with Gasteiger partial charge in [0.2, 0.25) is 0 Å². The van der Waals surface area contributed by atoms with E-state index in [0.29, 0.717) is 5.54 Å². The van der Waals surface area contributed by atoms with E-state index in [2.05, 4.69) is 44.8 Å². The van der Waals surface area contributed by atoms with Crippen LogP contribution in [0.5, 0.6) is 0 Å². The molecule has 2 unspecified atom stereocenters. The van der Waals surface area contributed by atoms with Crippen molar-refractivity contribution in [3.05, 3.63) is 0 Å². The van der Waals surface area contributed by atoms with E-state index < -0.39 is 0 Å². The van der Waals surface area contributed by atoms with Gasteiger partial charge in [-0.3, -0.25) is 4.90 Å². The molecular weight excluding hydrogens is 220 g/mol. The fourth-order valence-electron chi connectivity index (χ4n) is 3.58. The highest BCUT2D eigenvalue weighted by Gasteiger charge is 2.49. The number of hydrogen-bond donors (Lipinski definition) is 1. The molecule has 1 saturated carbocycles. The minimum atomic E-state index is 0.278. The van der Waals surface area contributed by atoms with E-state index in [1.165, 1.54) is 45.3 Å². The van der Waals surface area contributed by atoms with Gasteiger partial charge in [0.25, 0.3) is 0 Å². The summed E-state index contributed by atoms with van der Waals surface area (Å²) in [7, 11) is 0.